The smallest absolute Gasteiger partial charge is 0.274 e. The molecule has 5 heterocycles. The minimum Gasteiger partial charge on any atom is -0.332 e. The van der Waals surface area contributed by atoms with Crippen LogP contribution in [0.15, 0.2) is 36.5 Å². The highest BCUT2D eigenvalue weighted by Crippen LogP contribution is 2.46. The number of benzene rings is 1. The minimum atomic E-state index is 0.112. The normalized spacial score (nSPS) is 31.9. The zero-order chi connectivity index (χ0) is 18.5. The maximum Gasteiger partial charge on any atom is 0.274 e. The van der Waals surface area contributed by atoms with Crippen LogP contribution in [0.25, 0.3) is 0 Å². The second kappa shape index (κ2) is 6.48. The molecule has 0 unspecified atom stereocenters. The number of nitrogens with zero attached hydrogens (tertiary/aromatic N) is 4. The minimum absolute atomic E-state index is 0.112. The lowest BCUT2D eigenvalue weighted by molar-refractivity contribution is -0.00360. The monoisotopic (exact) mass is 364 g/mol. The first kappa shape index (κ1) is 17.0. The van der Waals surface area contributed by atoms with Gasteiger partial charge in [0, 0.05) is 31.2 Å². The molecule has 4 aliphatic rings. The van der Waals surface area contributed by atoms with Gasteiger partial charge in [0.1, 0.15) is 5.69 Å². The van der Waals surface area contributed by atoms with Gasteiger partial charge in [0.2, 0.25) is 0 Å². The van der Waals surface area contributed by atoms with Crippen molar-refractivity contribution < 1.29 is 4.79 Å². The third-order valence-electron chi connectivity index (χ3n) is 6.94. The van der Waals surface area contributed by atoms with E-state index in [2.05, 4.69) is 46.1 Å². The third-order valence-corrected chi connectivity index (χ3v) is 6.94. The lowest BCUT2D eigenvalue weighted by Crippen LogP contribution is -2.60. The summed E-state index contributed by atoms with van der Waals surface area (Å²) in [5, 5.41) is 4.49. The van der Waals surface area contributed by atoms with Gasteiger partial charge in [0.15, 0.2) is 0 Å². The Morgan fingerprint density at radius 3 is 2.52 bits per heavy atom. The fraction of sp³-hybridized carbons (Fsp3) is 0.545. The summed E-state index contributed by atoms with van der Waals surface area (Å²) in [6, 6.07) is 11.6. The molecule has 2 aromatic rings. The first-order chi connectivity index (χ1) is 13.2. The highest BCUT2D eigenvalue weighted by Gasteiger charge is 2.54. The van der Waals surface area contributed by atoms with E-state index in [0.717, 1.165) is 13.1 Å². The van der Waals surface area contributed by atoms with Crippen LogP contribution < -0.4 is 0 Å². The molecule has 3 atom stereocenters. The van der Waals surface area contributed by atoms with Gasteiger partial charge in [-0.3, -0.25) is 14.4 Å². The van der Waals surface area contributed by atoms with Crippen molar-refractivity contribution in [2.24, 2.45) is 5.92 Å². The molecule has 5 nitrogen and oxygen atoms in total. The molecule has 0 aliphatic carbocycles. The first-order valence-electron chi connectivity index (χ1n) is 10.3. The van der Waals surface area contributed by atoms with Crippen molar-refractivity contribution in [3.05, 3.63) is 53.3 Å². The van der Waals surface area contributed by atoms with Crippen molar-refractivity contribution in [1.29, 1.82) is 0 Å². The molecule has 0 radical (unpaired) electrons. The number of likely N-dealkylation sites (tertiary alicyclic amines) is 1. The summed E-state index contributed by atoms with van der Waals surface area (Å²) in [5.74, 6) is 1.14. The number of amides is 1. The zero-order valence-electron chi connectivity index (χ0n) is 16.2. The van der Waals surface area contributed by atoms with E-state index in [1.807, 2.05) is 23.9 Å². The molecule has 0 saturated carbocycles. The van der Waals surface area contributed by atoms with Crippen LogP contribution in [0.5, 0.6) is 0 Å². The van der Waals surface area contributed by atoms with Gasteiger partial charge < -0.3 is 4.90 Å². The van der Waals surface area contributed by atoms with E-state index in [0.29, 0.717) is 29.6 Å². The molecule has 6 rings (SSSR count). The Balaban J connectivity index is 1.50. The summed E-state index contributed by atoms with van der Waals surface area (Å²) >= 11 is 0. The second-order valence-corrected chi connectivity index (χ2v) is 8.39. The number of carbonyl (C=O) groups excluding carboxylic acids is 1. The summed E-state index contributed by atoms with van der Waals surface area (Å²) in [7, 11) is 0. The van der Waals surface area contributed by atoms with Crippen LogP contribution in [0.3, 0.4) is 0 Å². The molecule has 1 amide bonds. The fourth-order valence-corrected chi connectivity index (χ4v) is 5.56. The number of hydrogen-bond acceptors (Lipinski definition) is 3. The Morgan fingerprint density at radius 2 is 1.85 bits per heavy atom. The van der Waals surface area contributed by atoms with E-state index in [9.17, 15) is 4.79 Å². The zero-order valence-corrected chi connectivity index (χ0v) is 16.2. The van der Waals surface area contributed by atoms with Gasteiger partial charge in [0.05, 0.1) is 6.04 Å². The average Bonchev–Trinajstić information content (AvgIpc) is 3.35. The van der Waals surface area contributed by atoms with E-state index in [4.69, 9.17) is 0 Å². The first-order valence-corrected chi connectivity index (χ1v) is 10.3. The van der Waals surface area contributed by atoms with Crippen LogP contribution in [0.4, 0.5) is 0 Å². The summed E-state index contributed by atoms with van der Waals surface area (Å²) in [4.78, 5) is 18.2. The van der Waals surface area contributed by atoms with Crippen molar-refractivity contribution in [2.75, 3.05) is 19.6 Å². The molecular weight excluding hydrogens is 336 g/mol. The molecular formula is C22H28N4O. The molecule has 142 valence electrons. The van der Waals surface area contributed by atoms with E-state index >= 15 is 0 Å². The predicted molar refractivity (Wildman–Crippen MR) is 105 cm³/mol. The average molecular weight is 364 g/mol. The van der Waals surface area contributed by atoms with Crippen LogP contribution in [-0.4, -0.2) is 57.2 Å². The van der Waals surface area contributed by atoms with Crippen molar-refractivity contribution in [3.63, 3.8) is 0 Å². The Morgan fingerprint density at radius 1 is 1.11 bits per heavy atom. The Kier molecular flexibility index (Phi) is 4.08. The molecule has 0 N–H and O–H groups in total. The van der Waals surface area contributed by atoms with Gasteiger partial charge in [-0.2, -0.15) is 5.10 Å². The van der Waals surface area contributed by atoms with Crippen LogP contribution in [0.1, 0.15) is 47.3 Å². The van der Waals surface area contributed by atoms with Crippen LogP contribution in [-0.2, 0) is 6.54 Å². The van der Waals surface area contributed by atoms with Crippen molar-refractivity contribution in [3.8, 4) is 0 Å². The van der Waals surface area contributed by atoms with Gasteiger partial charge >= 0.3 is 0 Å². The lowest BCUT2D eigenvalue weighted by atomic mass is 9.75. The van der Waals surface area contributed by atoms with Crippen molar-refractivity contribution in [1.82, 2.24) is 19.6 Å². The Bertz CT molecular complexity index is 834. The molecule has 1 aromatic carbocycles. The molecule has 1 aromatic heterocycles. The number of rotatable bonds is 3. The second-order valence-electron chi connectivity index (χ2n) is 8.39. The largest absolute Gasteiger partial charge is 0.332 e. The number of aryl methyl sites for hydroxylation is 2. The van der Waals surface area contributed by atoms with Gasteiger partial charge in [-0.15, -0.1) is 0 Å². The maximum atomic E-state index is 13.4. The topological polar surface area (TPSA) is 41.4 Å². The van der Waals surface area contributed by atoms with Gasteiger partial charge in [-0.1, -0.05) is 29.8 Å². The van der Waals surface area contributed by atoms with Crippen LogP contribution >= 0.6 is 0 Å². The quantitative estimate of drug-likeness (QED) is 0.841. The molecule has 4 aliphatic heterocycles. The summed E-state index contributed by atoms with van der Waals surface area (Å²) in [6.07, 6.45) is 4.35. The molecule has 0 spiro atoms. The third kappa shape index (κ3) is 2.71. The Labute approximate surface area is 161 Å². The van der Waals surface area contributed by atoms with E-state index < -0.39 is 0 Å². The summed E-state index contributed by atoms with van der Waals surface area (Å²) in [6.45, 7) is 8.15. The lowest BCUT2D eigenvalue weighted by Gasteiger charge is -2.51. The van der Waals surface area contributed by atoms with Crippen molar-refractivity contribution >= 4 is 5.91 Å². The molecule has 4 saturated heterocycles. The highest BCUT2D eigenvalue weighted by molar-refractivity contribution is 5.93. The molecule has 5 heteroatoms. The number of fused-ring (bicyclic) bond motifs is 2. The van der Waals surface area contributed by atoms with E-state index in [1.165, 1.54) is 37.1 Å². The van der Waals surface area contributed by atoms with Gasteiger partial charge in [0.25, 0.3) is 5.91 Å². The number of aromatic nitrogens is 2. The highest BCUT2D eigenvalue weighted by atomic mass is 16.2. The molecule has 2 bridgehead atoms. The Hall–Kier alpha value is -2.14. The fourth-order valence-electron chi connectivity index (χ4n) is 5.56. The number of piperidine rings is 3. The van der Waals surface area contributed by atoms with E-state index in [1.54, 1.807) is 0 Å². The summed E-state index contributed by atoms with van der Waals surface area (Å²) < 4.78 is 1.84. The van der Waals surface area contributed by atoms with Gasteiger partial charge in [-0.05, 0) is 57.3 Å². The predicted octanol–water partition coefficient (Wildman–Crippen LogP) is 2.91. The van der Waals surface area contributed by atoms with Crippen molar-refractivity contribution in [2.45, 2.75) is 51.2 Å². The summed E-state index contributed by atoms with van der Waals surface area (Å²) in [5.41, 5.74) is 3.26. The molecule has 4 fully saturated rings. The standard InChI is InChI=1S/C22H28N4O/c1-3-25-13-10-19(23-25)22(27)26-14-18(16-6-4-15(2)5-7-16)21-20(26)17-8-11-24(21)12-9-17/h4-7,10,13,17-18,20-21H,3,8-9,11-12,14H2,1-2H3/t18-,20+,21+/m0/s1. The maximum absolute atomic E-state index is 13.4. The SMILES string of the molecule is CCn1ccc(C(=O)N2C[C@@H](c3ccc(C)cc3)[C@@H]3[C@H]2C2CCN3CC2)n1. The van der Waals surface area contributed by atoms with Crippen LogP contribution in [0, 0.1) is 12.8 Å². The molecule has 27 heavy (non-hydrogen) atoms. The number of carbonyl (C=O) groups is 1. The van der Waals surface area contributed by atoms with Gasteiger partial charge in [-0.25, -0.2) is 0 Å². The van der Waals surface area contributed by atoms with Crippen LogP contribution in [0.2, 0.25) is 0 Å². The van der Waals surface area contributed by atoms with E-state index in [-0.39, 0.29) is 5.91 Å². The number of hydrogen-bond donors (Lipinski definition) is 0.